The van der Waals surface area contributed by atoms with Crippen LogP contribution < -0.4 is 0 Å². The van der Waals surface area contributed by atoms with Crippen LogP contribution in [0.4, 0.5) is 0 Å². The fraction of sp³-hybridized carbons (Fsp3) is 0.739. The summed E-state index contributed by atoms with van der Waals surface area (Å²) in [4.78, 5) is 0.384. The summed E-state index contributed by atoms with van der Waals surface area (Å²) in [7, 11) is -3.43. The minimum atomic E-state index is -3.43. The lowest BCUT2D eigenvalue weighted by Crippen LogP contribution is -2.49. The van der Waals surface area contributed by atoms with E-state index in [9.17, 15) is 8.42 Å². The molecule has 0 aliphatic carbocycles. The van der Waals surface area contributed by atoms with E-state index in [-0.39, 0.29) is 5.60 Å². The molecule has 1 aromatic carbocycles. The van der Waals surface area contributed by atoms with Crippen LogP contribution in [-0.4, -0.2) is 64.4 Å². The Labute approximate surface area is 180 Å². The van der Waals surface area contributed by atoms with Crippen molar-refractivity contribution in [2.75, 3.05) is 46.1 Å². The van der Waals surface area contributed by atoms with Gasteiger partial charge >= 0.3 is 0 Å². The molecule has 3 saturated heterocycles. The molecule has 30 heavy (non-hydrogen) atoms. The monoisotopic (exact) mass is 437 g/mol. The van der Waals surface area contributed by atoms with Gasteiger partial charge in [-0.25, -0.2) is 8.42 Å². The van der Waals surface area contributed by atoms with Crippen molar-refractivity contribution in [3.8, 4) is 0 Å². The summed E-state index contributed by atoms with van der Waals surface area (Å²) in [5, 5.41) is 0. The van der Waals surface area contributed by atoms with Crippen molar-refractivity contribution in [3.63, 3.8) is 0 Å². The van der Waals surface area contributed by atoms with E-state index in [0.717, 1.165) is 77.1 Å². The van der Waals surface area contributed by atoms with E-state index in [0.29, 0.717) is 29.8 Å². The van der Waals surface area contributed by atoms with Gasteiger partial charge in [0.15, 0.2) is 0 Å². The Morgan fingerprint density at radius 2 is 1.77 bits per heavy atom. The fourth-order valence-corrected chi connectivity index (χ4v) is 6.54. The zero-order valence-electron chi connectivity index (χ0n) is 18.1. The molecule has 0 N–H and O–H groups in total. The third kappa shape index (κ3) is 4.91. The Bertz CT molecular complexity index is 780. The summed E-state index contributed by atoms with van der Waals surface area (Å²) in [5.41, 5.74) is 0.884. The number of ether oxygens (including phenoxy) is 3. The fourth-order valence-electron chi connectivity index (χ4n) is 5.10. The van der Waals surface area contributed by atoms with Crippen LogP contribution in [-0.2, 0) is 24.2 Å². The zero-order valence-corrected chi connectivity index (χ0v) is 18.9. The Kier molecular flexibility index (Phi) is 7.15. The molecule has 0 unspecified atom stereocenters. The van der Waals surface area contributed by atoms with Gasteiger partial charge in [-0.3, -0.25) is 0 Å². The summed E-state index contributed by atoms with van der Waals surface area (Å²) in [6, 6.07) is 7.13. The number of piperidine rings is 1. The Morgan fingerprint density at radius 1 is 1.07 bits per heavy atom. The van der Waals surface area contributed by atoms with E-state index < -0.39 is 10.0 Å². The summed E-state index contributed by atoms with van der Waals surface area (Å²) in [5.74, 6) is 1.08. The molecule has 6 nitrogen and oxygen atoms in total. The van der Waals surface area contributed by atoms with Crippen LogP contribution in [0.1, 0.15) is 44.1 Å². The lowest BCUT2D eigenvalue weighted by molar-refractivity contribution is -0.0629. The van der Waals surface area contributed by atoms with E-state index in [1.807, 2.05) is 19.1 Å². The number of hydrogen-bond donors (Lipinski definition) is 0. The molecule has 1 aromatic rings. The summed E-state index contributed by atoms with van der Waals surface area (Å²) >= 11 is 0. The predicted octanol–water partition coefficient (Wildman–Crippen LogP) is 3.39. The van der Waals surface area contributed by atoms with Crippen molar-refractivity contribution in [1.29, 1.82) is 0 Å². The average Bonchev–Trinajstić information content (AvgIpc) is 3.14. The first-order valence-electron chi connectivity index (χ1n) is 11.4. The second-order valence-electron chi connectivity index (χ2n) is 9.04. The molecule has 1 spiro atoms. The van der Waals surface area contributed by atoms with Gasteiger partial charge in [0.05, 0.1) is 10.5 Å². The smallest absolute Gasteiger partial charge is 0.243 e. The minimum absolute atomic E-state index is 0.179. The molecule has 3 aliphatic heterocycles. The topological polar surface area (TPSA) is 65.1 Å². The van der Waals surface area contributed by atoms with Crippen molar-refractivity contribution < 1.29 is 22.6 Å². The molecule has 0 radical (unpaired) electrons. The number of sulfonamides is 1. The average molecular weight is 438 g/mol. The van der Waals surface area contributed by atoms with Crippen molar-refractivity contribution >= 4 is 10.0 Å². The first-order valence-corrected chi connectivity index (χ1v) is 12.8. The van der Waals surface area contributed by atoms with Gasteiger partial charge in [0.1, 0.15) is 0 Å². The molecule has 7 heteroatoms. The van der Waals surface area contributed by atoms with Crippen molar-refractivity contribution in [2.24, 2.45) is 11.8 Å². The van der Waals surface area contributed by atoms with Crippen molar-refractivity contribution in [1.82, 2.24) is 4.31 Å². The molecule has 0 bridgehead atoms. The van der Waals surface area contributed by atoms with Gasteiger partial charge in [-0.1, -0.05) is 17.7 Å². The lowest BCUT2D eigenvalue weighted by Gasteiger charge is -2.41. The van der Waals surface area contributed by atoms with E-state index in [2.05, 4.69) is 0 Å². The van der Waals surface area contributed by atoms with Crippen molar-refractivity contribution in [2.45, 2.75) is 55.9 Å². The third-order valence-electron chi connectivity index (χ3n) is 7.13. The molecule has 3 fully saturated rings. The largest absolute Gasteiger partial charge is 0.381 e. The molecular weight excluding hydrogens is 402 g/mol. The standard InChI is InChI=1S/C23H35NO5S/c1-19-2-4-22(5-3-19)30(25,26)24-12-10-23(11-13-24)21(9-17-29-23)8-16-28-18-20-6-14-27-15-7-20/h2-5,20-21H,6-18H2,1H3/t21-/m1/s1. The zero-order chi connectivity index (χ0) is 21.0. The maximum Gasteiger partial charge on any atom is 0.243 e. The van der Waals surface area contributed by atoms with Gasteiger partial charge in [-0.05, 0) is 69.4 Å². The molecule has 0 saturated carbocycles. The second-order valence-corrected chi connectivity index (χ2v) is 11.0. The molecule has 0 aromatic heterocycles. The highest BCUT2D eigenvalue weighted by molar-refractivity contribution is 7.89. The molecule has 4 rings (SSSR count). The first kappa shape index (κ1) is 22.2. The molecule has 3 aliphatic rings. The van der Waals surface area contributed by atoms with E-state index in [1.165, 1.54) is 0 Å². The number of rotatable bonds is 7. The van der Waals surface area contributed by atoms with Crippen LogP contribution in [0.15, 0.2) is 29.2 Å². The van der Waals surface area contributed by atoms with E-state index in [1.54, 1.807) is 16.4 Å². The van der Waals surface area contributed by atoms with Crippen LogP contribution in [0, 0.1) is 18.8 Å². The Balaban J connectivity index is 1.28. The highest BCUT2D eigenvalue weighted by atomic mass is 32.2. The molecule has 3 heterocycles. The number of aryl methyl sites for hydroxylation is 1. The third-order valence-corrected chi connectivity index (χ3v) is 9.05. The number of hydrogen-bond acceptors (Lipinski definition) is 5. The highest BCUT2D eigenvalue weighted by Gasteiger charge is 2.47. The van der Waals surface area contributed by atoms with Crippen LogP contribution in [0.5, 0.6) is 0 Å². The Hall–Kier alpha value is -0.990. The molecule has 1 atom stereocenters. The van der Waals surface area contributed by atoms with Gasteiger partial charge < -0.3 is 14.2 Å². The van der Waals surface area contributed by atoms with Crippen LogP contribution in [0.3, 0.4) is 0 Å². The molecular formula is C23H35NO5S. The quantitative estimate of drug-likeness (QED) is 0.612. The van der Waals surface area contributed by atoms with Gasteiger partial charge in [0.2, 0.25) is 10.0 Å². The maximum absolute atomic E-state index is 13.0. The van der Waals surface area contributed by atoms with E-state index in [4.69, 9.17) is 14.2 Å². The second kappa shape index (κ2) is 9.65. The van der Waals surface area contributed by atoms with Gasteiger partial charge in [-0.15, -0.1) is 0 Å². The SMILES string of the molecule is Cc1ccc(S(=O)(=O)N2CCC3(CC2)OCC[C@H]3CCOCC2CCOCC2)cc1. The predicted molar refractivity (Wildman–Crippen MR) is 115 cm³/mol. The van der Waals surface area contributed by atoms with Gasteiger partial charge in [-0.2, -0.15) is 4.31 Å². The first-order chi connectivity index (χ1) is 14.5. The lowest BCUT2D eigenvalue weighted by atomic mass is 9.78. The summed E-state index contributed by atoms with van der Waals surface area (Å²) in [6.07, 6.45) is 5.77. The summed E-state index contributed by atoms with van der Waals surface area (Å²) in [6.45, 7) is 7.09. The highest BCUT2D eigenvalue weighted by Crippen LogP contribution is 2.43. The van der Waals surface area contributed by atoms with Gasteiger partial charge in [0, 0.05) is 46.1 Å². The van der Waals surface area contributed by atoms with Crippen LogP contribution in [0.25, 0.3) is 0 Å². The number of nitrogens with zero attached hydrogens (tertiary/aromatic N) is 1. The Morgan fingerprint density at radius 3 is 2.47 bits per heavy atom. The summed E-state index contributed by atoms with van der Waals surface area (Å²) < 4.78 is 45.3. The van der Waals surface area contributed by atoms with E-state index >= 15 is 0 Å². The number of benzene rings is 1. The molecule has 168 valence electrons. The van der Waals surface area contributed by atoms with Crippen molar-refractivity contribution in [3.05, 3.63) is 29.8 Å². The van der Waals surface area contributed by atoms with Crippen LogP contribution >= 0.6 is 0 Å². The minimum Gasteiger partial charge on any atom is -0.381 e. The van der Waals surface area contributed by atoms with Crippen LogP contribution in [0.2, 0.25) is 0 Å². The maximum atomic E-state index is 13.0. The normalized spacial score (nSPS) is 25.7. The molecule has 0 amide bonds. The van der Waals surface area contributed by atoms with Gasteiger partial charge in [0.25, 0.3) is 0 Å².